The average molecular weight is 214 g/mol. The molecule has 1 atom stereocenters. The molecule has 0 radical (unpaired) electrons. The molecule has 2 aliphatic rings. The van der Waals surface area contributed by atoms with Crippen LogP contribution in [0.1, 0.15) is 25.7 Å². The number of nitrogens with one attached hydrogen (secondary N) is 2. The summed E-state index contributed by atoms with van der Waals surface area (Å²) in [7, 11) is 0. The summed E-state index contributed by atoms with van der Waals surface area (Å²) in [5.41, 5.74) is 0. The topological polar surface area (TPSA) is 41.1 Å². The highest BCUT2D eigenvalue weighted by atomic mass is 32.2. The van der Waals surface area contributed by atoms with Gasteiger partial charge in [0, 0.05) is 6.04 Å². The van der Waals surface area contributed by atoms with Gasteiger partial charge in [0.05, 0.1) is 6.04 Å². The van der Waals surface area contributed by atoms with Crippen LogP contribution >= 0.6 is 11.8 Å². The van der Waals surface area contributed by atoms with E-state index in [9.17, 15) is 4.79 Å². The first-order chi connectivity index (χ1) is 6.86. The second-order valence-electron chi connectivity index (χ2n) is 4.04. The van der Waals surface area contributed by atoms with Gasteiger partial charge in [0.25, 0.3) is 0 Å². The Hall–Kier alpha value is -0.220. The Labute approximate surface area is 89.4 Å². The largest absolute Gasteiger partial charge is 0.352 e. The van der Waals surface area contributed by atoms with Crippen molar-refractivity contribution in [3.05, 3.63) is 0 Å². The zero-order valence-electron chi connectivity index (χ0n) is 8.42. The van der Waals surface area contributed by atoms with Crippen molar-refractivity contribution in [3.63, 3.8) is 0 Å². The van der Waals surface area contributed by atoms with Crippen LogP contribution in [0.25, 0.3) is 0 Å². The minimum Gasteiger partial charge on any atom is -0.352 e. The van der Waals surface area contributed by atoms with Crippen LogP contribution in [0.3, 0.4) is 0 Å². The van der Waals surface area contributed by atoms with Gasteiger partial charge in [0.2, 0.25) is 5.91 Å². The molecule has 0 spiro atoms. The molecule has 2 rings (SSSR count). The Morgan fingerprint density at radius 1 is 1.29 bits per heavy atom. The minimum absolute atomic E-state index is 0.0876. The first-order valence-corrected chi connectivity index (χ1v) is 6.63. The van der Waals surface area contributed by atoms with Crippen molar-refractivity contribution in [1.82, 2.24) is 10.6 Å². The third-order valence-electron chi connectivity index (χ3n) is 2.94. The predicted molar refractivity (Wildman–Crippen MR) is 59.5 cm³/mol. The quantitative estimate of drug-likeness (QED) is 0.713. The van der Waals surface area contributed by atoms with Crippen molar-refractivity contribution in [2.45, 2.75) is 37.8 Å². The number of hydrogen-bond donors (Lipinski definition) is 2. The van der Waals surface area contributed by atoms with Gasteiger partial charge in [-0.2, -0.15) is 11.8 Å². The Morgan fingerprint density at radius 3 is 2.71 bits per heavy atom. The molecule has 0 aromatic carbocycles. The summed E-state index contributed by atoms with van der Waals surface area (Å²) >= 11 is 1.99. The highest BCUT2D eigenvalue weighted by Gasteiger charge is 2.24. The molecular formula is C10H18N2OS. The van der Waals surface area contributed by atoms with Gasteiger partial charge in [0.1, 0.15) is 0 Å². The van der Waals surface area contributed by atoms with E-state index in [-0.39, 0.29) is 11.9 Å². The van der Waals surface area contributed by atoms with Crippen LogP contribution in [0.15, 0.2) is 0 Å². The molecule has 0 aromatic rings. The van der Waals surface area contributed by atoms with Gasteiger partial charge in [-0.1, -0.05) is 0 Å². The molecule has 1 amide bonds. The van der Waals surface area contributed by atoms with Gasteiger partial charge in [-0.05, 0) is 43.7 Å². The van der Waals surface area contributed by atoms with Gasteiger partial charge in [-0.25, -0.2) is 0 Å². The Kier molecular flexibility index (Phi) is 3.70. The van der Waals surface area contributed by atoms with Crippen molar-refractivity contribution in [2.24, 2.45) is 0 Å². The van der Waals surface area contributed by atoms with E-state index in [4.69, 9.17) is 0 Å². The third-order valence-corrected chi connectivity index (χ3v) is 3.99. The van der Waals surface area contributed by atoms with Crippen LogP contribution in [-0.2, 0) is 4.79 Å². The fraction of sp³-hybridized carbons (Fsp3) is 0.900. The minimum atomic E-state index is 0.0876. The van der Waals surface area contributed by atoms with Crippen LogP contribution in [0.5, 0.6) is 0 Å². The second-order valence-corrected chi connectivity index (χ2v) is 5.27. The zero-order chi connectivity index (χ0) is 9.80. The number of hydrogen-bond acceptors (Lipinski definition) is 3. The molecule has 3 nitrogen and oxygen atoms in total. The fourth-order valence-corrected chi connectivity index (χ4v) is 3.16. The average Bonchev–Trinajstić information content (AvgIpc) is 2.72. The molecule has 2 aliphatic heterocycles. The molecule has 80 valence electrons. The van der Waals surface area contributed by atoms with Crippen LogP contribution in [0.2, 0.25) is 0 Å². The molecule has 2 saturated heterocycles. The van der Waals surface area contributed by atoms with Crippen molar-refractivity contribution in [3.8, 4) is 0 Å². The van der Waals surface area contributed by atoms with Gasteiger partial charge in [-0.3, -0.25) is 4.79 Å². The molecular weight excluding hydrogens is 196 g/mol. The third kappa shape index (κ3) is 2.64. The van der Waals surface area contributed by atoms with E-state index < -0.39 is 0 Å². The highest BCUT2D eigenvalue weighted by molar-refractivity contribution is 7.99. The van der Waals surface area contributed by atoms with Crippen LogP contribution < -0.4 is 10.6 Å². The lowest BCUT2D eigenvalue weighted by atomic mass is 10.1. The van der Waals surface area contributed by atoms with Gasteiger partial charge in [-0.15, -0.1) is 0 Å². The summed E-state index contributed by atoms with van der Waals surface area (Å²) in [5.74, 6) is 2.62. The predicted octanol–water partition coefficient (Wildman–Crippen LogP) is 0.750. The second kappa shape index (κ2) is 5.03. The SMILES string of the molecule is O=C(NC1CCSCC1)[C@H]1CCCN1. The van der Waals surface area contributed by atoms with E-state index in [0.717, 1.165) is 32.2 Å². The van der Waals surface area contributed by atoms with E-state index in [0.29, 0.717) is 6.04 Å². The molecule has 4 heteroatoms. The number of carbonyl (C=O) groups excluding carboxylic acids is 1. The van der Waals surface area contributed by atoms with Crippen LogP contribution in [-0.4, -0.2) is 36.0 Å². The summed E-state index contributed by atoms with van der Waals surface area (Å²) in [6.45, 7) is 0.999. The maximum absolute atomic E-state index is 11.7. The van der Waals surface area contributed by atoms with Gasteiger partial charge >= 0.3 is 0 Å². The first kappa shape index (κ1) is 10.3. The number of amides is 1. The van der Waals surface area contributed by atoms with E-state index in [2.05, 4.69) is 10.6 Å². The number of rotatable bonds is 2. The molecule has 2 N–H and O–H groups in total. The number of thioether (sulfide) groups is 1. The smallest absolute Gasteiger partial charge is 0.237 e. The van der Waals surface area contributed by atoms with E-state index in [1.807, 2.05) is 11.8 Å². The molecule has 14 heavy (non-hydrogen) atoms. The molecule has 0 saturated carbocycles. The molecule has 0 unspecified atom stereocenters. The summed E-state index contributed by atoms with van der Waals surface area (Å²) < 4.78 is 0. The Bertz CT molecular complexity index is 198. The van der Waals surface area contributed by atoms with E-state index in [1.165, 1.54) is 11.5 Å². The van der Waals surface area contributed by atoms with Crippen molar-refractivity contribution < 1.29 is 4.79 Å². The summed E-state index contributed by atoms with van der Waals surface area (Å²) in [6, 6.07) is 0.524. The number of carbonyl (C=O) groups is 1. The lowest BCUT2D eigenvalue weighted by Crippen LogP contribution is -2.46. The Balaban J connectivity index is 1.75. The fourth-order valence-electron chi connectivity index (χ4n) is 2.05. The molecule has 0 aliphatic carbocycles. The van der Waals surface area contributed by atoms with E-state index >= 15 is 0 Å². The molecule has 2 heterocycles. The summed E-state index contributed by atoms with van der Waals surface area (Å²) in [5, 5.41) is 6.37. The van der Waals surface area contributed by atoms with Gasteiger partial charge in [0.15, 0.2) is 0 Å². The first-order valence-electron chi connectivity index (χ1n) is 5.48. The zero-order valence-corrected chi connectivity index (χ0v) is 9.24. The maximum atomic E-state index is 11.7. The molecule has 0 aromatic heterocycles. The molecule has 0 bridgehead atoms. The summed E-state index contributed by atoms with van der Waals surface area (Å²) in [4.78, 5) is 11.7. The maximum Gasteiger partial charge on any atom is 0.237 e. The Morgan fingerprint density at radius 2 is 2.07 bits per heavy atom. The normalized spacial score (nSPS) is 29.0. The van der Waals surface area contributed by atoms with Crippen molar-refractivity contribution in [2.75, 3.05) is 18.1 Å². The lowest BCUT2D eigenvalue weighted by molar-refractivity contribution is -0.123. The highest BCUT2D eigenvalue weighted by Crippen LogP contribution is 2.17. The van der Waals surface area contributed by atoms with E-state index in [1.54, 1.807) is 0 Å². The summed E-state index contributed by atoms with van der Waals surface area (Å²) in [6.07, 6.45) is 4.43. The standard InChI is InChI=1S/C10H18N2OS/c13-10(9-2-1-5-11-9)12-8-3-6-14-7-4-8/h8-9,11H,1-7H2,(H,12,13)/t9-/m1/s1. The molecule has 2 fully saturated rings. The van der Waals surface area contributed by atoms with Crippen molar-refractivity contribution >= 4 is 17.7 Å². The lowest BCUT2D eigenvalue weighted by Gasteiger charge is -2.24. The van der Waals surface area contributed by atoms with Gasteiger partial charge < -0.3 is 10.6 Å². The van der Waals surface area contributed by atoms with Crippen LogP contribution in [0.4, 0.5) is 0 Å². The van der Waals surface area contributed by atoms with Crippen molar-refractivity contribution in [1.29, 1.82) is 0 Å². The monoisotopic (exact) mass is 214 g/mol. The van der Waals surface area contributed by atoms with Crippen LogP contribution in [0, 0.1) is 0 Å².